The van der Waals surface area contributed by atoms with Crippen LogP contribution in [0.1, 0.15) is 22.3 Å². The molecule has 0 bridgehead atoms. The zero-order valence-electron chi connectivity index (χ0n) is 32.9. The third kappa shape index (κ3) is 5.60. The summed E-state index contributed by atoms with van der Waals surface area (Å²) < 4.78 is 13.5. The summed E-state index contributed by atoms with van der Waals surface area (Å²) in [5.41, 5.74) is 15.1. The molecule has 0 radical (unpaired) electrons. The van der Waals surface area contributed by atoms with E-state index in [1.54, 1.807) is 0 Å². The molecule has 0 unspecified atom stereocenters. The van der Waals surface area contributed by atoms with Crippen molar-refractivity contribution >= 4 is 99.5 Å². The Kier molecular flexibility index (Phi) is 7.70. The van der Waals surface area contributed by atoms with Gasteiger partial charge < -0.3 is 18.6 Å². The van der Waals surface area contributed by atoms with Crippen molar-refractivity contribution in [1.29, 1.82) is 0 Å². The average Bonchev–Trinajstić information content (AvgIpc) is 3.80. The van der Waals surface area contributed by atoms with Crippen LogP contribution in [-0.4, -0.2) is 0 Å². The number of furan rings is 2. The fourth-order valence-corrected chi connectivity index (χ4v) is 8.54. The fraction of sp³-hybridized carbons (Fsp3) is 0.0741. The Morgan fingerprint density at radius 3 is 0.897 bits per heavy atom. The Labute approximate surface area is 336 Å². The Morgan fingerprint density at radius 2 is 0.569 bits per heavy atom. The predicted molar refractivity (Wildman–Crippen MR) is 244 cm³/mol. The lowest BCUT2D eigenvalue weighted by molar-refractivity contribution is 0.667. The van der Waals surface area contributed by atoms with E-state index in [4.69, 9.17) is 8.83 Å². The van der Waals surface area contributed by atoms with Crippen LogP contribution in [0.2, 0.25) is 0 Å². The van der Waals surface area contributed by atoms with E-state index >= 15 is 0 Å². The van der Waals surface area contributed by atoms with Crippen molar-refractivity contribution in [3.05, 3.63) is 192 Å². The molecule has 2 aromatic heterocycles. The summed E-state index contributed by atoms with van der Waals surface area (Å²) in [5.74, 6) is 0. The first-order valence-electron chi connectivity index (χ1n) is 19.9. The number of aryl methyl sites for hydroxylation is 4. The van der Waals surface area contributed by atoms with E-state index in [9.17, 15) is 0 Å². The van der Waals surface area contributed by atoms with Crippen molar-refractivity contribution in [2.45, 2.75) is 27.7 Å². The molecule has 2 heterocycles. The van der Waals surface area contributed by atoms with Crippen LogP contribution in [0, 0.1) is 27.7 Å². The van der Waals surface area contributed by atoms with E-state index < -0.39 is 0 Å². The number of rotatable bonds is 6. The SMILES string of the molecule is Cc1ccc(N(c2ccc(C)cc2)c2ccc3c(ccc4c5cc6oc7c8ccc(N(c9ccc(C)cc9)c9ccc(C)cc9)cc8ccc7c6cc5oc34)c2)cc1. The minimum absolute atomic E-state index is 0.852. The van der Waals surface area contributed by atoms with Gasteiger partial charge in [0, 0.05) is 66.4 Å². The van der Waals surface area contributed by atoms with E-state index in [-0.39, 0.29) is 0 Å². The maximum atomic E-state index is 6.76. The molecule has 0 aliphatic heterocycles. The summed E-state index contributed by atoms with van der Waals surface area (Å²) >= 11 is 0. The third-order valence-electron chi connectivity index (χ3n) is 11.7. The Balaban J connectivity index is 1.00. The molecule has 11 aromatic rings. The summed E-state index contributed by atoms with van der Waals surface area (Å²) in [7, 11) is 0. The maximum Gasteiger partial charge on any atom is 0.143 e. The van der Waals surface area contributed by atoms with Gasteiger partial charge in [0.15, 0.2) is 0 Å². The molecule has 0 fully saturated rings. The number of nitrogens with zero attached hydrogens (tertiary/aromatic N) is 2. The monoisotopic (exact) mass is 748 g/mol. The van der Waals surface area contributed by atoms with Crippen LogP contribution in [0.15, 0.2) is 179 Å². The molecule has 0 saturated heterocycles. The zero-order valence-corrected chi connectivity index (χ0v) is 32.9. The third-order valence-corrected chi connectivity index (χ3v) is 11.7. The minimum atomic E-state index is 0.852. The van der Waals surface area contributed by atoms with Crippen LogP contribution in [0.4, 0.5) is 34.1 Å². The molecule has 4 nitrogen and oxygen atoms in total. The van der Waals surface area contributed by atoms with Gasteiger partial charge in [-0.2, -0.15) is 0 Å². The van der Waals surface area contributed by atoms with Crippen molar-refractivity contribution < 1.29 is 8.83 Å². The van der Waals surface area contributed by atoms with Gasteiger partial charge in [-0.25, -0.2) is 0 Å². The first-order chi connectivity index (χ1) is 28.3. The van der Waals surface area contributed by atoms with Crippen LogP contribution in [-0.2, 0) is 0 Å². The zero-order chi connectivity index (χ0) is 39.1. The number of anilines is 6. The van der Waals surface area contributed by atoms with Gasteiger partial charge in [0.1, 0.15) is 22.3 Å². The largest absolute Gasteiger partial charge is 0.455 e. The van der Waals surface area contributed by atoms with Gasteiger partial charge in [0.25, 0.3) is 0 Å². The van der Waals surface area contributed by atoms with Crippen molar-refractivity contribution in [1.82, 2.24) is 0 Å². The first kappa shape index (κ1) is 34.0. The molecule has 0 spiro atoms. The highest BCUT2D eigenvalue weighted by molar-refractivity contribution is 6.21. The smallest absolute Gasteiger partial charge is 0.143 e. The highest BCUT2D eigenvalue weighted by atomic mass is 16.3. The van der Waals surface area contributed by atoms with Crippen LogP contribution in [0.25, 0.3) is 65.4 Å². The molecule has 11 rings (SSSR count). The minimum Gasteiger partial charge on any atom is -0.455 e. The van der Waals surface area contributed by atoms with Gasteiger partial charge in [-0.3, -0.25) is 0 Å². The van der Waals surface area contributed by atoms with Crippen molar-refractivity contribution in [2.75, 3.05) is 9.80 Å². The van der Waals surface area contributed by atoms with Crippen LogP contribution in [0.5, 0.6) is 0 Å². The van der Waals surface area contributed by atoms with E-state index in [0.717, 1.165) is 99.5 Å². The number of hydrogen-bond donors (Lipinski definition) is 0. The van der Waals surface area contributed by atoms with Crippen molar-refractivity contribution in [3.8, 4) is 0 Å². The van der Waals surface area contributed by atoms with Crippen LogP contribution >= 0.6 is 0 Å². The van der Waals surface area contributed by atoms with Gasteiger partial charge in [-0.05, 0) is 148 Å². The van der Waals surface area contributed by atoms with E-state index in [1.807, 2.05) is 0 Å². The maximum absolute atomic E-state index is 6.76. The number of hydrogen-bond acceptors (Lipinski definition) is 4. The molecular weight excluding hydrogens is 709 g/mol. The number of fused-ring (bicyclic) bond motifs is 10. The molecule has 0 atom stereocenters. The molecule has 9 aromatic carbocycles. The molecule has 0 N–H and O–H groups in total. The summed E-state index contributed by atoms with van der Waals surface area (Å²) in [6.45, 7) is 8.50. The standard InChI is InChI=1S/C54H40N2O2/c1-33-5-15-39(16-6-33)55(40-17-7-34(2)8-18-40)43-23-27-45-37(29-43)13-25-47-49-31-52-50(32-51(49)57-53(45)47)48-26-14-38-30-44(24-28-46(38)54(48)58-52)56(41-19-9-35(3)10-20-41)42-21-11-36(4)12-22-42/h5-32H,1-4H3. The highest BCUT2D eigenvalue weighted by Crippen LogP contribution is 2.44. The second-order valence-corrected chi connectivity index (χ2v) is 15.8. The Hall–Kier alpha value is -7.30. The van der Waals surface area contributed by atoms with Crippen molar-refractivity contribution in [2.24, 2.45) is 0 Å². The second-order valence-electron chi connectivity index (χ2n) is 15.8. The average molecular weight is 749 g/mol. The molecule has 0 saturated carbocycles. The second kappa shape index (κ2) is 13.1. The van der Waals surface area contributed by atoms with E-state index in [0.29, 0.717) is 0 Å². The molecule has 0 aliphatic carbocycles. The predicted octanol–water partition coefficient (Wildman–Crippen LogP) is 16.0. The molecule has 0 amide bonds. The van der Waals surface area contributed by atoms with Gasteiger partial charge in [-0.15, -0.1) is 0 Å². The summed E-state index contributed by atoms with van der Waals surface area (Å²) in [5, 5.41) is 8.66. The molecular formula is C54H40N2O2. The molecule has 0 aliphatic rings. The van der Waals surface area contributed by atoms with Crippen LogP contribution < -0.4 is 9.80 Å². The van der Waals surface area contributed by atoms with E-state index in [1.165, 1.54) is 22.3 Å². The van der Waals surface area contributed by atoms with Crippen molar-refractivity contribution in [3.63, 3.8) is 0 Å². The first-order valence-corrected chi connectivity index (χ1v) is 19.9. The van der Waals surface area contributed by atoms with E-state index in [2.05, 4.69) is 207 Å². The lowest BCUT2D eigenvalue weighted by atomic mass is 10.0. The van der Waals surface area contributed by atoms with Gasteiger partial charge in [-0.1, -0.05) is 82.9 Å². The summed E-state index contributed by atoms with van der Waals surface area (Å²) in [6.07, 6.45) is 0. The Bertz CT molecular complexity index is 3040. The van der Waals surface area contributed by atoms with Gasteiger partial charge in [0.05, 0.1) is 0 Å². The molecule has 278 valence electrons. The lowest BCUT2D eigenvalue weighted by Gasteiger charge is -2.26. The normalized spacial score (nSPS) is 11.8. The number of benzene rings is 9. The van der Waals surface area contributed by atoms with Crippen LogP contribution in [0.3, 0.4) is 0 Å². The Morgan fingerprint density at radius 1 is 0.276 bits per heavy atom. The summed E-state index contributed by atoms with van der Waals surface area (Å²) in [6, 6.07) is 61.3. The molecule has 4 heteroatoms. The fourth-order valence-electron chi connectivity index (χ4n) is 8.54. The van der Waals surface area contributed by atoms with Gasteiger partial charge >= 0.3 is 0 Å². The molecule has 58 heavy (non-hydrogen) atoms. The quantitative estimate of drug-likeness (QED) is 0.170. The lowest BCUT2D eigenvalue weighted by Crippen LogP contribution is -2.09. The topological polar surface area (TPSA) is 32.8 Å². The van der Waals surface area contributed by atoms with Gasteiger partial charge in [0.2, 0.25) is 0 Å². The summed E-state index contributed by atoms with van der Waals surface area (Å²) in [4.78, 5) is 4.63. The highest BCUT2D eigenvalue weighted by Gasteiger charge is 2.20.